The minimum Gasteiger partial charge on any atom is -0.475 e. The molecule has 0 aromatic heterocycles. The van der Waals surface area contributed by atoms with Crippen LogP contribution in [0.1, 0.15) is 0 Å². The molecule has 0 fully saturated rings. The van der Waals surface area contributed by atoms with Gasteiger partial charge in [0.05, 0.1) is 0 Å². The molecule has 0 radical (unpaired) electrons. The van der Waals surface area contributed by atoms with Crippen LogP contribution < -0.4 is 0 Å². The summed E-state index contributed by atoms with van der Waals surface area (Å²) in [5.74, 6) is -2.76. The van der Waals surface area contributed by atoms with E-state index in [9.17, 15) is 13.2 Å². The predicted molar refractivity (Wildman–Crippen MR) is 24.6 cm³/mol. The van der Waals surface area contributed by atoms with Crippen molar-refractivity contribution in [2.24, 2.45) is 0 Å². The van der Waals surface area contributed by atoms with E-state index < -0.39 is 12.1 Å². The molecule has 0 aliphatic rings. The lowest BCUT2D eigenvalue weighted by molar-refractivity contribution is -0.192. The van der Waals surface area contributed by atoms with Gasteiger partial charge >= 0.3 is 12.1 Å². The number of carbonyl (C=O) groups is 1. The van der Waals surface area contributed by atoms with Gasteiger partial charge in [-0.1, -0.05) is 0 Å². The molecule has 0 amide bonds. The van der Waals surface area contributed by atoms with Gasteiger partial charge in [-0.25, -0.2) is 4.79 Å². The SMILES string of the molecule is Cl.O.O=C(O)C(F)(F)F. The highest BCUT2D eigenvalue weighted by molar-refractivity contribution is 5.85. The van der Waals surface area contributed by atoms with Crippen LogP contribution in [-0.4, -0.2) is 22.7 Å². The Bertz CT molecular complexity index is 89.5. The summed E-state index contributed by atoms with van der Waals surface area (Å²) >= 11 is 0. The monoisotopic (exact) mass is 168 g/mol. The number of hydrogen-bond donors (Lipinski definition) is 1. The Morgan fingerprint density at radius 1 is 1.33 bits per heavy atom. The van der Waals surface area contributed by atoms with Gasteiger partial charge in [-0.15, -0.1) is 12.4 Å². The third kappa shape index (κ3) is 7.51. The van der Waals surface area contributed by atoms with Crippen molar-refractivity contribution < 1.29 is 28.5 Å². The van der Waals surface area contributed by atoms with E-state index in [2.05, 4.69) is 0 Å². The van der Waals surface area contributed by atoms with Gasteiger partial charge in [0, 0.05) is 0 Å². The average molecular weight is 168 g/mol. The molecular weight excluding hydrogens is 164 g/mol. The lowest BCUT2D eigenvalue weighted by atomic mass is 10.7. The highest BCUT2D eigenvalue weighted by Gasteiger charge is 2.38. The Morgan fingerprint density at radius 3 is 1.44 bits per heavy atom. The zero-order valence-electron chi connectivity index (χ0n) is 3.90. The summed E-state index contributed by atoms with van der Waals surface area (Å²) in [5, 5.41) is 7.12. The van der Waals surface area contributed by atoms with Crippen LogP contribution >= 0.6 is 12.4 Å². The van der Waals surface area contributed by atoms with Gasteiger partial charge in [-0.3, -0.25) is 0 Å². The van der Waals surface area contributed by atoms with Gasteiger partial charge in [0.1, 0.15) is 0 Å². The quantitative estimate of drug-likeness (QED) is 0.563. The molecule has 0 aliphatic carbocycles. The van der Waals surface area contributed by atoms with E-state index in [0.717, 1.165) is 0 Å². The molecule has 7 heteroatoms. The molecule has 3 N–H and O–H groups in total. The minimum atomic E-state index is -5.08. The summed E-state index contributed by atoms with van der Waals surface area (Å²) in [4.78, 5) is 8.90. The van der Waals surface area contributed by atoms with Gasteiger partial charge in [0.15, 0.2) is 0 Å². The van der Waals surface area contributed by atoms with E-state index >= 15 is 0 Å². The first-order valence-corrected chi connectivity index (χ1v) is 1.24. The topological polar surface area (TPSA) is 68.8 Å². The van der Waals surface area contributed by atoms with Gasteiger partial charge in [0.25, 0.3) is 0 Å². The van der Waals surface area contributed by atoms with E-state index in [1.165, 1.54) is 0 Å². The lowest BCUT2D eigenvalue weighted by Crippen LogP contribution is -2.21. The smallest absolute Gasteiger partial charge is 0.475 e. The Balaban J connectivity index is -0.000000180. The van der Waals surface area contributed by atoms with Crippen LogP contribution in [0.3, 0.4) is 0 Å². The van der Waals surface area contributed by atoms with E-state index in [1.54, 1.807) is 0 Å². The molecule has 0 bridgehead atoms. The number of aliphatic carboxylic acids is 1. The first kappa shape index (κ1) is 15.8. The zero-order valence-corrected chi connectivity index (χ0v) is 4.71. The Labute approximate surface area is 54.2 Å². The van der Waals surface area contributed by atoms with Crippen molar-refractivity contribution in [1.82, 2.24) is 0 Å². The summed E-state index contributed by atoms with van der Waals surface area (Å²) in [6.07, 6.45) is -5.08. The Hall–Kier alpha value is -0.490. The second-order valence-electron chi connectivity index (χ2n) is 0.803. The van der Waals surface area contributed by atoms with Crippen molar-refractivity contribution in [3.05, 3.63) is 0 Å². The molecule has 0 saturated heterocycles. The molecule has 3 nitrogen and oxygen atoms in total. The van der Waals surface area contributed by atoms with Crippen molar-refractivity contribution in [1.29, 1.82) is 0 Å². The molecule has 0 aromatic rings. The molecule has 0 aliphatic heterocycles. The van der Waals surface area contributed by atoms with Crippen LogP contribution in [0.15, 0.2) is 0 Å². The fourth-order valence-electron chi connectivity index (χ4n) is 0. The number of carboxylic acid groups (broad SMARTS) is 1. The third-order valence-electron chi connectivity index (χ3n) is 0.243. The van der Waals surface area contributed by atoms with Crippen LogP contribution in [0, 0.1) is 0 Å². The second-order valence-corrected chi connectivity index (χ2v) is 0.803. The van der Waals surface area contributed by atoms with Crippen LogP contribution in [0.5, 0.6) is 0 Å². The van der Waals surface area contributed by atoms with E-state index in [1.807, 2.05) is 0 Å². The minimum absolute atomic E-state index is 0. The van der Waals surface area contributed by atoms with Crippen LogP contribution in [0.2, 0.25) is 0 Å². The fraction of sp³-hybridized carbons (Fsp3) is 0.500. The second kappa shape index (κ2) is 4.39. The molecule has 0 rings (SSSR count). The standard InChI is InChI=1S/C2HF3O2.ClH.H2O/c3-2(4,5)1(6)7;;/h(H,6,7);1H;1H2. The third-order valence-corrected chi connectivity index (χ3v) is 0.243. The number of halogens is 4. The summed E-state index contributed by atoms with van der Waals surface area (Å²) < 4.78 is 31.7. The number of alkyl halides is 3. The molecule has 58 valence electrons. The molecule has 0 atom stereocenters. The lowest BCUT2D eigenvalue weighted by Gasteiger charge is -1.93. The molecule has 0 aromatic carbocycles. The van der Waals surface area contributed by atoms with Crippen molar-refractivity contribution in [3.63, 3.8) is 0 Å². The first-order chi connectivity index (χ1) is 2.94. The van der Waals surface area contributed by atoms with E-state index in [0.29, 0.717) is 0 Å². The van der Waals surface area contributed by atoms with Crippen molar-refractivity contribution >= 4 is 18.4 Å². The summed E-state index contributed by atoms with van der Waals surface area (Å²) in [6, 6.07) is 0. The van der Waals surface area contributed by atoms with E-state index in [-0.39, 0.29) is 17.9 Å². The predicted octanol–water partition coefficient (Wildman–Crippen LogP) is 0.230. The normalized spacial score (nSPS) is 8.78. The number of carboxylic acids is 1. The Kier molecular flexibility index (Phi) is 7.72. The highest BCUT2D eigenvalue weighted by Crippen LogP contribution is 2.13. The first-order valence-electron chi connectivity index (χ1n) is 1.24. The molecular formula is C2H4ClF3O3. The van der Waals surface area contributed by atoms with Crippen molar-refractivity contribution in [2.75, 3.05) is 0 Å². The zero-order chi connectivity index (χ0) is 6.08. The maximum absolute atomic E-state index is 10.6. The highest BCUT2D eigenvalue weighted by atomic mass is 35.5. The molecule has 0 saturated carbocycles. The average Bonchev–Trinajstić information content (AvgIpc) is 1.31. The Morgan fingerprint density at radius 2 is 1.44 bits per heavy atom. The number of hydrogen-bond acceptors (Lipinski definition) is 1. The molecule has 9 heavy (non-hydrogen) atoms. The molecule has 0 spiro atoms. The van der Waals surface area contributed by atoms with Crippen molar-refractivity contribution in [2.45, 2.75) is 6.18 Å². The van der Waals surface area contributed by atoms with Gasteiger partial charge in [-0.05, 0) is 0 Å². The van der Waals surface area contributed by atoms with Gasteiger partial charge in [-0.2, -0.15) is 13.2 Å². The number of rotatable bonds is 0. The summed E-state index contributed by atoms with van der Waals surface area (Å²) in [5.41, 5.74) is 0. The van der Waals surface area contributed by atoms with Crippen LogP contribution in [0.25, 0.3) is 0 Å². The summed E-state index contributed by atoms with van der Waals surface area (Å²) in [6.45, 7) is 0. The maximum Gasteiger partial charge on any atom is 0.490 e. The van der Waals surface area contributed by atoms with Crippen LogP contribution in [-0.2, 0) is 4.79 Å². The van der Waals surface area contributed by atoms with E-state index in [4.69, 9.17) is 9.90 Å². The van der Waals surface area contributed by atoms with Crippen molar-refractivity contribution in [3.8, 4) is 0 Å². The molecule has 0 unspecified atom stereocenters. The van der Waals surface area contributed by atoms with Crippen LogP contribution in [0.4, 0.5) is 13.2 Å². The fourth-order valence-corrected chi connectivity index (χ4v) is 0. The largest absolute Gasteiger partial charge is 0.490 e. The summed E-state index contributed by atoms with van der Waals surface area (Å²) in [7, 11) is 0. The van der Waals surface area contributed by atoms with Gasteiger partial charge in [0.2, 0.25) is 0 Å². The molecule has 0 heterocycles. The maximum atomic E-state index is 10.6. The van der Waals surface area contributed by atoms with Gasteiger partial charge < -0.3 is 10.6 Å².